The molecule has 1 N–H and O–H groups in total. The molecular formula is C36H44N6O4S. The highest BCUT2D eigenvalue weighted by atomic mass is 32.2. The fraction of sp³-hybridized carbons (Fsp3) is 0.389. The number of hydrogen-bond donors (Lipinski definition) is 1. The molecule has 5 rings (SSSR count). The first-order valence-corrected chi connectivity index (χ1v) is 17.5. The third-order valence-electron chi connectivity index (χ3n) is 8.24. The van der Waals surface area contributed by atoms with Gasteiger partial charge in [-0.2, -0.15) is 4.98 Å². The molecule has 1 aliphatic rings. The highest BCUT2D eigenvalue weighted by Crippen LogP contribution is 2.32. The molecular weight excluding hydrogens is 613 g/mol. The molecule has 0 radical (unpaired) electrons. The molecule has 2 aromatic heterocycles. The van der Waals surface area contributed by atoms with Gasteiger partial charge < -0.3 is 14.5 Å². The first kappa shape index (κ1) is 33.8. The van der Waals surface area contributed by atoms with Crippen molar-refractivity contribution in [2.75, 3.05) is 29.3 Å². The summed E-state index contributed by atoms with van der Waals surface area (Å²) in [5.41, 5.74) is 4.15. The van der Waals surface area contributed by atoms with E-state index >= 15 is 0 Å². The molecule has 0 aliphatic carbocycles. The zero-order valence-corrected chi connectivity index (χ0v) is 29.1. The fourth-order valence-corrected chi connectivity index (χ4v) is 6.99. The Balaban J connectivity index is 1.66. The number of fused-ring (bicyclic) bond motifs is 4. The molecule has 10 nitrogen and oxygen atoms in total. The van der Waals surface area contributed by atoms with Crippen molar-refractivity contribution in [1.82, 2.24) is 19.9 Å². The minimum Gasteiger partial charge on any atom is -0.475 e. The molecule has 0 fully saturated rings. The zero-order chi connectivity index (χ0) is 33.9. The molecule has 4 aromatic rings. The summed E-state index contributed by atoms with van der Waals surface area (Å²) in [5.74, 6) is 0.608. The first-order valence-electron chi connectivity index (χ1n) is 16.0. The van der Waals surface area contributed by atoms with Gasteiger partial charge in [0.05, 0.1) is 28.9 Å². The number of nitrogens with zero attached hydrogens (tertiary/aromatic N) is 5. The normalized spacial score (nSPS) is 16.3. The van der Waals surface area contributed by atoms with E-state index in [9.17, 15) is 13.2 Å². The minimum atomic E-state index is -4.16. The molecule has 4 bridgehead atoms. The van der Waals surface area contributed by atoms with Crippen LogP contribution in [0.5, 0.6) is 5.88 Å². The predicted octanol–water partition coefficient (Wildman–Crippen LogP) is 6.64. The molecule has 0 saturated carbocycles. The smallest absolute Gasteiger partial charge is 0.264 e. The van der Waals surface area contributed by atoms with E-state index in [0.29, 0.717) is 12.1 Å². The topological polar surface area (TPSA) is 118 Å². The van der Waals surface area contributed by atoms with Crippen LogP contribution in [0.15, 0.2) is 71.6 Å². The average molecular weight is 657 g/mol. The van der Waals surface area contributed by atoms with Crippen molar-refractivity contribution in [3.05, 3.63) is 89.1 Å². The van der Waals surface area contributed by atoms with Crippen LogP contribution in [0.1, 0.15) is 68.2 Å². The van der Waals surface area contributed by atoms with Gasteiger partial charge >= 0.3 is 0 Å². The number of aromatic nitrogens is 3. The number of sulfonamides is 1. The van der Waals surface area contributed by atoms with Gasteiger partial charge in [-0.05, 0) is 81.0 Å². The summed E-state index contributed by atoms with van der Waals surface area (Å²) in [6.45, 7) is 16.4. The maximum absolute atomic E-state index is 14.4. The lowest BCUT2D eigenvalue weighted by atomic mass is 9.87. The monoisotopic (exact) mass is 656 g/mol. The lowest BCUT2D eigenvalue weighted by Crippen LogP contribution is -2.45. The molecule has 0 spiro atoms. The van der Waals surface area contributed by atoms with Gasteiger partial charge in [-0.3, -0.25) is 4.79 Å². The number of nitrogens with one attached hydrogen (secondary N) is 1. The summed E-state index contributed by atoms with van der Waals surface area (Å²) in [6.07, 6.45) is 0.604. The van der Waals surface area contributed by atoms with Crippen molar-refractivity contribution < 1.29 is 17.9 Å². The van der Waals surface area contributed by atoms with Gasteiger partial charge in [0, 0.05) is 30.3 Å². The molecule has 0 unspecified atom stereocenters. The standard InChI is InChI=1S/C36H44N6O4S/c1-8-41(9-2)31-18-12-16-27(37-31)22-42-28(21-36(5,6)7)23-46-32-20-30(33-24(3)13-10-14-25(33)4)38-35(39-32)40-47(44,45)29-17-11-15-26(19-29)34(42)43/h10-20,28H,8-9,21-23H2,1-7H3,(H,38,39,40)/t28-/m1/s1. The van der Waals surface area contributed by atoms with Gasteiger partial charge in [-0.1, -0.05) is 51.1 Å². The SMILES string of the molecule is CCN(CC)c1cccc(CN2C(=O)c3cccc(c3)S(=O)(=O)Nc3nc(cc(-c4c(C)cccc4C)n3)OC[C@H]2CC(C)(C)C)n1. The molecule has 0 saturated heterocycles. The summed E-state index contributed by atoms with van der Waals surface area (Å²) in [4.78, 5) is 32.3. The van der Waals surface area contributed by atoms with Crippen molar-refractivity contribution in [1.29, 1.82) is 0 Å². The van der Waals surface area contributed by atoms with E-state index in [2.05, 4.69) is 54.2 Å². The van der Waals surface area contributed by atoms with Crippen LogP contribution in [0.2, 0.25) is 0 Å². The van der Waals surface area contributed by atoms with Crippen molar-refractivity contribution >= 4 is 27.7 Å². The van der Waals surface area contributed by atoms with Gasteiger partial charge in [0.2, 0.25) is 11.8 Å². The van der Waals surface area contributed by atoms with E-state index in [4.69, 9.17) is 9.72 Å². The Hall–Kier alpha value is -4.51. The number of ether oxygens (including phenoxy) is 1. The van der Waals surface area contributed by atoms with E-state index in [0.717, 1.165) is 41.3 Å². The number of amides is 1. The minimum absolute atomic E-state index is 0.0693. The number of benzene rings is 2. The first-order chi connectivity index (χ1) is 22.3. The highest BCUT2D eigenvalue weighted by molar-refractivity contribution is 7.92. The van der Waals surface area contributed by atoms with E-state index in [-0.39, 0.29) is 46.8 Å². The van der Waals surface area contributed by atoms with Crippen LogP contribution in [-0.2, 0) is 16.6 Å². The second-order valence-corrected chi connectivity index (χ2v) is 14.8. The Kier molecular flexibility index (Phi) is 9.86. The van der Waals surface area contributed by atoms with E-state index in [1.165, 1.54) is 12.1 Å². The summed E-state index contributed by atoms with van der Waals surface area (Å²) in [5, 5.41) is 0. The number of carbonyl (C=O) groups excluding carboxylic acids is 1. The van der Waals surface area contributed by atoms with Gasteiger partial charge in [0.25, 0.3) is 15.9 Å². The number of hydrogen-bond acceptors (Lipinski definition) is 8. The van der Waals surface area contributed by atoms with Gasteiger partial charge in [-0.15, -0.1) is 0 Å². The summed E-state index contributed by atoms with van der Waals surface area (Å²) >= 11 is 0. The van der Waals surface area contributed by atoms with E-state index in [1.807, 2.05) is 50.2 Å². The fourth-order valence-electron chi connectivity index (χ4n) is 6.00. The second-order valence-electron chi connectivity index (χ2n) is 13.1. The summed E-state index contributed by atoms with van der Waals surface area (Å²) in [7, 11) is -4.16. The Morgan fingerprint density at radius 2 is 1.62 bits per heavy atom. The van der Waals surface area contributed by atoms with E-state index < -0.39 is 16.1 Å². The molecule has 1 atom stereocenters. The van der Waals surface area contributed by atoms with Crippen LogP contribution in [-0.4, -0.2) is 59.9 Å². The maximum atomic E-state index is 14.4. The van der Waals surface area contributed by atoms with Crippen molar-refractivity contribution in [3.63, 3.8) is 0 Å². The average Bonchev–Trinajstić information content (AvgIpc) is 3.01. The molecule has 11 heteroatoms. The van der Waals surface area contributed by atoms with Gasteiger partial charge in [0.1, 0.15) is 12.4 Å². The predicted molar refractivity (Wildman–Crippen MR) is 185 cm³/mol. The zero-order valence-electron chi connectivity index (χ0n) is 28.2. The lowest BCUT2D eigenvalue weighted by molar-refractivity contribution is 0.0509. The van der Waals surface area contributed by atoms with Crippen molar-refractivity contribution in [3.8, 4) is 17.1 Å². The quantitative estimate of drug-likeness (QED) is 0.235. The van der Waals surface area contributed by atoms with Crippen molar-refractivity contribution in [2.24, 2.45) is 5.41 Å². The Bertz CT molecular complexity index is 1850. The van der Waals surface area contributed by atoms with Gasteiger partial charge in [0.15, 0.2) is 0 Å². The second kappa shape index (κ2) is 13.7. The molecule has 47 heavy (non-hydrogen) atoms. The summed E-state index contributed by atoms with van der Waals surface area (Å²) in [6, 6.07) is 19.2. The molecule has 248 valence electrons. The molecule has 1 aliphatic heterocycles. The number of carbonyl (C=O) groups is 1. The number of pyridine rings is 1. The molecule has 1 amide bonds. The maximum Gasteiger partial charge on any atom is 0.264 e. The van der Waals surface area contributed by atoms with Crippen LogP contribution in [0, 0.1) is 19.3 Å². The van der Waals surface area contributed by atoms with Crippen LogP contribution in [0.4, 0.5) is 11.8 Å². The Labute approximate surface area is 278 Å². The number of rotatable bonds is 7. The summed E-state index contributed by atoms with van der Waals surface area (Å²) < 4.78 is 36.3. The Morgan fingerprint density at radius 1 is 0.936 bits per heavy atom. The van der Waals surface area contributed by atoms with Crippen LogP contribution in [0.3, 0.4) is 0 Å². The third kappa shape index (κ3) is 7.90. The van der Waals surface area contributed by atoms with Gasteiger partial charge in [-0.25, -0.2) is 23.1 Å². The molecule has 3 heterocycles. The van der Waals surface area contributed by atoms with Crippen LogP contribution < -0.4 is 14.4 Å². The largest absolute Gasteiger partial charge is 0.475 e. The van der Waals surface area contributed by atoms with Crippen LogP contribution in [0.25, 0.3) is 11.3 Å². The van der Waals surface area contributed by atoms with E-state index in [1.54, 1.807) is 23.1 Å². The number of anilines is 2. The third-order valence-corrected chi connectivity index (χ3v) is 9.57. The lowest BCUT2D eigenvalue weighted by Gasteiger charge is -2.35. The Morgan fingerprint density at radius 3 is 2.30 bits per heavy atom. The van der Waals surface area contributed by atoms with Crippen molar-refractivity contribution in [2.45, 2.75) is 72.4 Å². The van der Waals surface area contributed by atoms with Crippen LogP contribution >= 0.6 is 0 Å². The molecule has 2 aromatic carbocycles. The number of aryl methyl sites for hydroxylation is 2. The highest BCUT2D eigenvalue weighted by Gasteiger charge is 2.32.